The Morgan fingerprint density at radius 2 is 1.70 bits per heavy atom. The number of ether oxygens (including phenoxy) is 2. The van der Waals surface area contributed by atoms with E-state index in [-0.39, 0.29) is 18.1 Å². The minimum absolute atomic E-state index is 0.0276. The summed E-state index contributed by atoms with van der Waals surface area (Å²) >= 11 is 7.01. The molecule has 2 aromatic carbocycles. The van der Waals surface area contributed by atoms with Crippen molar-refractivity contribution in [3.05, 3.63) is 65.0 Å². The number of rotatable bonds is 9. The molecular formula is C19H17ClN2O4S. The highest BCUT2D eigenvalue weighted by Gasteiger charge is 2.12. The third-order valence-electron chi connectivity index (χ3n) is 3.44. The van der Waals surface area contributed by atoms with E-state index < -0.39 is 0 Å². The van der Waals surface area contributed by atoms with E-state index in [1.54, 1.807) is 48.5 Å². The maximum atomic E-state index is 12.2. The fraction of sp³-hybridized carbons (Fsp3) is 0.211. The molecule has 3 aromatic rings. The molecule has 0 aliphatic rings. The van der Waals surface area contributed by atoms with Gasteiger partial charge in [0.2, 0.25) is 0 Å². The number of aromatic nitrogens is 2. The van der Waals surface area contributed by atoms with Gasteiger partial charge in [-0.05, 0) is 55.5 Å². The van der Waals surface area contributed by atoms with Crippen LogP contribution in [0, 0.1) is 0 Å². The molecule has 3 rings (SSSR count). The van der Waals surface area contributed by atoms with Crippen LogP contribution < -0.4 is 9.47 Å². The summed E-state index contributed by atoms with van der Waals surface area (Å²) < 4.78 is 16.4. The van der Waals surface area contributed by atoms with E-state index in [1.165, 1.54) is 11.8 Å². The molecule has 1 aromatic heterocycles. The van der Waals surface area contributed by atoms with Gasteiger partial charge in [-0.15, -0.1) is 10.2 Å². The molecule has 27 heavy (non-hydrogen) atoms. The van der Waals surface area contributed by atoms with Gasteiger partial charge in [-0.25, -0.2) is 0 Å². The molecule has 0 aliphatic heterocycles. The van der Waals surface area contributed by atoms with Crippen LogP contribution in [0.15, 0.2) is 58.2 Å². The Morgan fingerprint density at radius 1 is 1.04 bits per heavy atom. The van der Waals surface area contributed by atoms with Gasteiger partial charge in [0.1, 0.15) is 11.5 Å². The van der Waals surface area contributed by atoms with Crippen LogP contribution in [0.25, 0.3) is 0 Å². The molecule has 0 spiro atoms. The summed E-state index contributed by atoms with van der Waals surface area (Å²) in [5.41, 5.74) is 0.608. The maximum absolute atomic E-state index is 12.2. The van der Waals surface area contributed by atoms with E-state index in [1.807, 2.05) is 6.92 Å². The summed E-state index contributed by atoms with van der Waals surface area (Å²) in [7, 11) is 0. The monoisotopic (exact) mass is 404 g/mol. The van der Waals surface area contributed by atoms with Crippen molar-refractivity contribution in [2.45, 2.75) is 18.8 Å². The lowest BCUT2D eigenvalue weighted by molar-refractivity contribution is 0.102. The molecule has 0 radical (unpaired) electrons. The molecule has 6 nitrogen and oxygen atoms in total. The molecule has 0 atom stereocenters. The number of hydrogen-bond acceptors (Lipinski definition) is 7. The lowest BCUT2D eigenvalue weighted by atomic mass is 10.1. The number of hydrogen-bond donors (Lipinski definition) is 0. The van der Waals surface area contributed by atoms with Crippen LogP contribution in [0.3, 0.4) is 0 Å². The fourth-order valence-electron chi connectivity index (χ4n) is 2.15. The van der Waals surface area contributed by atoms with Crippen LogP contribution in [0.2, 0.25) is 5.02 Å². The van der Waals surface area contributed by atoms with Crippen LogP contribution in [0.5, 0.6) is 11.5 Å². The van der Waals surface area contributed by atoms with E-state index in [0.29, 0.717) is 34.1 Å². The predicted molar refractivity (Wildman–Crippen MR) is 103 cm³/mol. The Bertz CT molecular complexity index is 881. The highest BCUT2D eigenvalue weighted by Crippen LogP contribution is 2.21. The van der Waals surface area contributed by atoms with Crippen molar-refractivity contribution in [1.29, 1.82) is 0 Å². The first-order valence-electron chi connectivity index (χ1n) is 8.23. The van der Waals surface area contributed by atoms with Gasteiger partial charge in [0.15, 0.2) is 12.4 Å². The number of benzene rings is 2. The highest BCUT2D eigenvalue weighted by molar-refractivity contribution is 7.99. The third kappa shape index (κ3) is 5.74. The first kappa shape index (κ1) is 19.3. The molecule has 1 heterocycles. The summed E-state index contributed by atoms with van der Waals surface area (Å²) in [4.78, 5) is 12.2. The van der Waals surface area contributed by atoms with Crippen molar-refractivity contribution < 1.29 is 18.7 Å². The van der Waals surface area contributed by atoms with E-state index in [0.717, 1.165) is 5.75 Å². The molecule has 0 unspecified atom stereocenters. The predicted octanol–water partition coefficient (Wildman–Crippen LogP) is 4.68. The second-order valence-electron chi connectivity index (χ2n) is 5.37. The zero-order valence-electron chi connectivity index (χ0n) is 14.6. The Morgan fingerprint density at radius 3 is 2.41 bits per heavy atom. The van der Waals surface area contributed by atoms with E-state index in [9.17, 15) is 4.79 Å². The average molecular weight is 405 g/mol. The molecule has 0 aliphatic carbocycles. The van der Waals surface area contributed by atoms with Crippen molar-refractivity contribution in [1.82, 2.24) is 10.2 Å². The Labute approximate surface area is 165 Å². The van der Waals surface area contributed by atoms with E-state index in [4.69, 9.17) is 25.5 Å². The van der Waals surface area contributed by atoms with Gasteiger partial charge >= 0.3 is 0 Å². The second-order valence-corrected chi connectivity index (χ2v) is 6.74. The molecule has 0 saturated carbocycles. The normalized spacial score (nSPS) is 10.6. The number of nitrogens with zero attached hydrogens (tertiary/aromatic N) is 2. The van der Waals surface area contributed by atoms with Crippen LogP contribution in [-0.2, 0) is 6.61 Å². The average Bonchev–Trinajstić information content (AvgIpc) is 3.14. The van der Waals surface area contributed by atoms with Crippen molar-refractivity contribution >= 4 is 29.1 Å². The van der Waals surface area contributed by atoms with Gasteiger partial charge in [-0.2, -0.15) is 0 Å². The first-order chi connectivity index (χ1) is 13.1. The SMILES string of the molecule is CCOc1ccc(C(=O)CSc2nnc(COc3ccc(Cl)cc3)o2)cc1. The van der Waals surface area contributed by atoms with Crippen LogP contribution in [0.1, 0.15) is 23.2 Å². The number of thioether (sulfide) groups is 1. The molecule has 140 valence electrons. The van der Waals surface area contributed by atoms with Crippen LogP contribution in [-0.4, -0.2) is 28.3 Å². The van der Waals surface area contributed by atoms with Crippen molar-refractivity contribution in [2.24, 2.45) is 0 Å². The number of ketones is 1. The molecule has 8 heteroatoms. The molecule has 0 amide bonds. The molecule has 0 bridgehead atoms. The van der Waals surface area contributed by atoms with Crippen molar-refractivity contribution in [3.8, 4) is 11.5 Å². The quantitative estimate of drug-likeness (QED) is 0.378. The van der Waals surface area contributed by atoms with Gasteiger partial charge < -0.3 is 13.9 Å². The van der Waals surface area contributed by atoms with Gasteiger partial charge in [0.25, 0.3) is 11.1 Å². The smallest absolute Gasteiger partial charge is 0.277 e. The molecule has 0 fully saturated rings. The van der Waals surface area contributed by atoms with Gasteiger partial charge in [0, 0.05) is 10.6 Å². The summed E-state index contributed by atoms with van der Waals surface area (Å²) in [5, 5.41) is 8.79. The molecular weight excluding hydrogens is 388 g/mol. The first-order valence-corrected chi connectivity index (χ1v) is 9.60. The zero-order valence-corrected chi connectivity index (χ0v) is 16.1. The maximum Gasteiger partial charge on any atom is 0.277 e. The van der Waals surface area contributed by atoms with E-state index >= 15 is 0 Å². The Hall–Kier alpha value is -2.51. The van der Waals surface area contributed by atoms with Crippen molar-refractivity contribution in [2.75, 3.05) is 12.4 Å². The summed E-state index contributed by atoms with van der Waals surface area (Å²) in [6.45, 7) is 2.64. The summed E-state index contributed by atoms with van der Waals surface area (Å²) in [5.74, 6) is 1.90. The standard InChI is InChI=1S/C19H17ClN2O4S/c1-2-24-15-7-3-13(4-8-15)17(23)12-27-19-22-21-18(26-19)11-25-16-9-5-14(20)6-10-16/h3-10H,2,11-12H2,1H3. The highest BCUT2D eigenvalue weighted by atomic mass is 35.5. The van der Waals surface area contributed by atoms with Crippen LogP contribution >= 0.6 is 23.4 Å². The minimum atomic E-state index is -0.0276. The van der Waals surface area contributed by atoms with Gasteiger partial charge in [-0.3, -0.25) is 4.79 Å². The van der Waals surface area contributed by atoms with Crippen molar-refractivity contribution in [3.63, 3.8) is 0 Å². The fourth-order valence-corrected chi connectivity index (χ4v) is 2.95. The lowest BCUT2D eigenvalue weighted by Crippen LogP contribution is -2.02. The minimum Gasteiger partial charge on any atom is -0.494 e. The van der Waals surface area contributed by atoms with Crippen LogP contribution in [0.4, 0.5) is 0 Å². The Kier molecular flexibility index (Phi) is 6.73. The summed E-state index contributed by atoms with van der Waals surface area (Å²) in [6, 6.07) is 14.0. The molecule has 0 saturated heterocycles. The lowest BCUT2D eigenvalue weighted by Gasteiger charge is -2.04. The topological polar surface area (TPSA) is 74.5 Å². The number of Topliss-reactive ketones (excluding diaryl/α,β-unsaturated/α-hetero) is 1. The van der Waals surface area contributed by atoms with Gasteiger partial charge in [-0.1, -0.05) is 23.4 Å². The summed E-state index contributed by atoms with van der Waals surface area (Å²) in [6.07, 6.45) is 0. The Balaban J connectivity index is 1.48. The number of carbonyl (C=O) groups excluding carboxylic acids is 1. The zero-order chi connectivity index (χ0) is 19.1. The van der Waals surface area contributed by atoms with E-state index in [2.05, 4.69) is 10.2 Å². The molecule has 0 N–H and O–H groups in total. The largest absolute Gasteiger partial charge is 0.494 e. The number of halogens is 1. The van der Waals surface area contributed by atoms with Gasteiger partial charge in [0.05, 0.1) is 12.4 Å². The third-order valence-corrected chi connectivity index (χ3v) is 4.51. The number of carbonyl (C=O) groups is 1. The second kappa shape index (κ2) is 9.43.